The number of esters is 1. The molecular weight excluding hydrogens is 266 g/mol. The van der Waals surface area contributed by atoms with Crippen molar-refractivity contribution < 1.29 is 9.53 Å². The molecule has 0 fully saturated rings. The third kappa shape index (κ3) is 6.79. The van der Waals surface area contributed by atoms with Gasteiger partial charge in [0.15, 0.2) is 5.96 Å². The second-order valence-corrected chi connectivity index (χ2v) is 4.78. The summed E-state index contributed by atoms with van der Waals surface area (Å²) in [5.74, 6) is 0.849. The van der Waals surface area contributed by atoms with Crippen molar-refractivity contribution in [3.05, 3.63) is 35.9 Å². The van der Waals surface area contributed by atoms with Crippen LogP contribution in [0.4, 0.5) is 0 Å². The van der Waals surface area contributed by atoms with Crippen LogP contribution in [-0.4, -0.2) is 38.7 Å². The molecule has 1 aromatic carbocycles. The summed E-state index contributed by atoms with van der Waals surface area (Å²) in [6.07, 6.45) is 0.329. The number of rotatable bonds is 7. The zero-order valence-electron chi connectivity index (χ0n) is 13.1. The normalized spacial score (nSPS) is 12.6. The Bertz CT molecular complexity index is 446. The summed E-state index contributed by atoms with van der Waals surface area (Å²) < 4.78 is 4.61. The van der Waals surface area contributed by atoms with Gasteiger partial charge >= 0.3 is 5.97 Å². The molecule has 2 N–H and O–H groups in total. The summed E-state index contributed by atoms with van der Waals surface area (Å²) in [5, 5.41) is 6.30. The monoisotopic (exact) mass is 291 g/mol. The van der Waals surface area contributed by atoms with Crippen molar-refractivity contribution in [2.75, 3.05) is 26.7 Å². The Labute approximate surface area is 126 Å². The summed E-state index contributed by atoms with van der Waals surface area (Å²) >= 11 is 0. The number of carbonyl (C=O) groups excluding carboxylic acids is 1. The number of nitrogens with zero attached hydrogens (tertiary/aromatic N) is 1. The number of carbonyl (C=O) groups is 1. The fourth-order valence-electron chi connectivity index (χ4n) is 1.84. The lowest BCUT2D eigenvalue weighted by Crippen LogP contribution is -2.38. The molecule has 1 aromatic rings. The van der Waals surface area contributed by atoms with Gasteiger partial charge in [-0.3, -0.25) is 9.79 Å². The van der Waals surface area contributed by atoms with Gasteiger partial charge in [-0.2, -0.15) is 0 Å². The smallest absolute Gasteiger partial charge is 0.307 e. The van der Waals surface area contributed by atoms with Crippen LogP contribution in [0.25, 0.3) is 0 Å². The van der Waals surface area contributed by atoms with E-state index in [-0.39, 0.29) is 5.97 Å². The van der Waals surface area contributed by atoms with Crippen LogP contribution in [-0.2, 0) is 9.53 Å². The van der Waals surface area contributed by atoms with Gasteiger partial charge in [0.25, 0.3) is 0 Å². The number of methoxy groups -OCH3 is 1. The first-order chi connectivity index (χ1) is 10.2. The van der Waals surface area contributed by atoms with Crippen molar-refractivity contribution in [2.45, 2.75) is 26.2 Å². The van der Waals surface area contributed by atoms with E-state index in [1.807, 2.05) is 25.1 Å². The summed E-state index contributed by atoms with van der Waals surface area (Å²) in [5.41, 5.74) is 1.27. The molecule has 0 aliphatic carbocycles. The molecule has 0 amide bonds. The Morgan fingerprint density at radius 3 is 2.62 bits per heavy atom. The zero-order valence-corrected chi connectivity index (χ0v) is 13.1. The molecule has 0 aliphatic rings. The molecule has 1 unspecified atom stereocenters. The molecule has 0 aliphatic heterocycles. The van der Waals surface area contributed by atoms with E-state index in [9.17, 15) is 4.79 Å². The van der Waals surface area contributed by atoms with Crippen LogP contribution in [0.5, 0.6) is 0 Å². The number of aliphatic imine (C=N–C) groups is 1. The molecule has 0 saturated heterocycles. The zero-order chi connectivity index (χ0) is 15.5. The minimum atomic E-state index is -0.226. The van der Waals surface area contributed by atoms with E-state index in [2.05, 4.69) is 39.4 Å². The van der Waals surface area contributed by atoms with Crippen molar-refractivity contribution in [2.24, 2.45) is 4.99 Å². The number of benzene rings is 1. The number of ether oxygens (including phenoxy) is 1. The fraction of sp³-hybridized carbons (Fsp3) is 0.500. The standard InChI is InChI=1S/C16H25N3O2/c1-4-17-16(18-11-10-15(20)21-3)19-12-13(2)14-8-6-5-7-9-14/h5-9,13H,4,10-12H2,1-3H3,(H2,17,18,19). The molecule has 0 radical (unpaired) electrons. The predicted molar refractivity (Wildman–Crippen MR) is 85.5 cm³/mol. The Morgan fingerprint density at radius 1 is 1.29 bits per heavy atom. The first kappa shape index (κ1) is 17.0. The molecule has 0 saturated carbocycles. The quantitative estimate of drug-likeness (QED) is 0.457. The number of hydrogen-bond donors (Lipinski definition) is 2. The first-order valence-corrected chi connectivity index (χ1v) is 7.31. The third-order valence-electron chi connectivity index (χ3n) is 3.09. The fourth-order valence-corrected chi connectivity index (χ4v) is 1.84. The maximum Gasteiger partial charge on any atom is 0.307 e. The minimum Gasteiger partial charge on any atom is -0.469 e. The van der Waals surface area contributed by atoms with Gasteiger partial charge in [-0.15, -0.1) is 0 Å². The summed E-state index contributed by atoms with van der Waals surface area (Å²) in [6.45, 7) is 6.15. The molecule has 1 rings (SSSR count). The molecule has 116 valence electrons. The van der Waals surface area contributed by atoms with Gasteiger partial charge in [-0.25, -0.2) is 0 Å². The van der Waals surface area contributed by atoms with Crippen LogP contribution in [0.15, 0.2) is 35.3 Å². The average Bonchev–Trinajstić information content (AvgIpc) is 2.52. The highest BCUT2D eigenvalue weighted by atomic mass is 16.5. The van der Waals surface area contributed by atoms with Gasteiger partial charge in [0.05, 0.1) is 13.5 Å². The molecule has 5 nitrogen and oxygen atoms in total. The topological polar surface area (TPSA) is 62.7 Å². The van der Waals surface area contributed by atoms with E-state index in [4.69, 9.17) is 0 Å². The third-order valence-corrected chi connectivity index (χ3v) is 3.09. The lowest BCUT2D eigenvalue weighted by Gasteiger charge is -2.13. The Morgan fingerprint density at radius 2 is 2.00 bits per heavy atom. The second kappa shape index (κ2) is 9.80. The van der Waals surface area contributed by atoms with Crippen LogP contribution >= 0.6 is 0 Å². The van der Waals surface area contributed by atoms with Crippen LogP contribution in [0.3, 0.4) is 0 Å². The van der Waals surface area contributed by atoms with E-state index in [0.717, 1.165) is 12.5 Å². The molecule has 21 heavy (non-hydrogen) atoms. The van der Waals surface area contributed by atoms with Crippen molar-refractivity contribution in [1.29, 1.82) is 0 Å². The molecule has 0 spiro atoms. The number of guanidine groups is 1. The van der Waals surface area contributed by atoms with Crippen molar-refractivity contribution in [1.82, 2.24) is 10.6 Å². The Kier molecular flexibility index (Phi) is 7.94. The van der Waals surface area contributed by atoms with Gasteiger partial charge in [0.1, 0.15) is 0 Å². The van der Waals surface area contributed by atoms with Crippen molar-refractivity contribution in [3.8, 4) is 0 Å². The number of nitrogens with one attached hydrogen (secondary N) is 2. The minimum absolute atomic E-state index is 0.226. The maximum atomic E-state index is 11.1. The highest BCUT2D eigenvalue weighted by Crippen LogP contribution is 2.14. The SMILES string of the molecule is CCNC(=NCC(C)c1ccccc1)NCCC(=O)OC. The summed E-state index contributed by atoms with van der Waals surface area (Å²) in [4.78, 5) is 15.6. The van der Waals surface area contributed by atoms with Crippen LogP contribution in [0, 0.1) is 0 Å². The molecular formula is C16H25N3O2. The van der Waals surface area contributed by atoms with Crippen molar-refractivity contribution in [3.63, 3.8) is 0 Å². The lowest BCUT2D eigenvalue weighted by atomic mass is 10.0. The number of hydrogen-bond acceptors (Lipinski definition) is 3. The average molecular weight is 291 g/mol. The highest BCUT2D eigenvalue weighted by molar-refractivity contribution is 5.80. The Hall–Kier alpha value is -2.04. The lowest BCUT2D eigenvalue weighted by molar-refractivity contribution is -0.140. The first-order valence-electron chi connectivity index (χ1n) is 7.31. The predicted octanol–water partition coefficient (Wildman–Crippen LogP) is 1.91. The second-order valence-electron chi connectivity index (χ2n) is 4.78. The largest absolute Gasteiger partial charge is 0.469 e. The highest BCUT2D eigenvalue weighted by Gasteiger charge is 2.05. The van der Waals surface area contributed by atoms with Gasteiger partial charge < -0.3 is 15.4 Å². The van der Waals surface area contributed by atoms with E-state index in [1.165, 1.54) is 12.7 Å². The van der Waals surface area contributed by atoms with Gasteiger partial charge in [-0.05, 0) is 12.5 Å². The molecule has 0 aromatic heterocycles. The molecule has 0 heterocycles. The Balaban J connectivity index is 2.49. The van der Waals surface area contributed by atoms with Crippen molar-refractivity contribution >= 4 is 11.9 Å². The van der Waals surface area contributed by atoms with E-state index < -0.39 is 0 Å². The van der Waals surface area contributed by atoms with E-state index in [1.54, 1.807) is 0 Å². The summed E-state index contributed by atoms with van der Waals surface area (Å²) in [6, 6.07) is 10.3. The van der Waals surface area contributed by atoms with E-state index in [0.29, 0.717) is 25.4 Å². The van der Waals surface area contributed by atoms with E-state index >= 15 is 0 Å². The molecule has 5 heteroatoms. The summed E-state index contributed by atoms with van der Waals surface area (Å²) in [7, 11) is 1.39. The molecule has 1 atom stereocenters. The van der Waals surface area contributed by atoms with Gasteiger partial charge in [0, 0.05) is 25.6 Å². The van der Waals surface area contributed by atoms with Gasteiger partial charge in [-0.1, -0.05) is 37.3 Å². The van der Waals surface area contributed by atoms with Crippen LogP contribution in [0.1, 0.15) is 31.7 Å². The molecule has 0 bridgehead atoms. The van der Waals surface area contributed by atoms with Crippen LogP contribution < -0.4 is 10.6 Å². The maximum absolute atomic E-state index is 11.1. The van der Waals surface area contributed by atoms with Crippen LogP contribution in [0.2, 0.25) is 0 Å². The van der Waals surface area contributed by atoms with Gasteiger partial charge in [0.2, 0.25) is 0 Å².